The van der Waals surface area contributed by atoms with Crippen molar-refractivity contribution in [2.24, 2.45) is 0 Å². The number of hydrogen-bond acceptors (Lipinski definition) is 3. The molecule has 1 aromatic rings. The highest BCUT2D eigenvalue weighted by Gasteiger charge is 2.05. The van der Waals surface area contributed by atoms with Crippen molar-refractivity contribution in [2.75, 3.05) is 5.73 Å². The van der Waals surface area contributed by atoms with Crippen LogP contribution in [0.25, 0.3) is 0 Å². The molecule has 1 heterocycles. The Hall–Kier alpha value is -1.25. The van der Waals surface area contributed by atoms with Crippen LogP contribution in [0.1, 0.15) is 26.0 Å². The minimum absolute atomic E-state index is 0.187. The van der Waals surface area contributed by atoms with Gasteiger partial charge in [0.05, 0.1) is 6.10 Å². The smallest absolute Gasteiger partial charge is 0.166 e. The topological polar surface area (TPSA) is 48.1 Å². The van der Waals surface area contributed by atoms with Gasteiger partial charge in [0.1, 0.15) is 0 Å². The summed E-state index contributed by atoms with van der Waals surface area (Å²) in [5.41, 5.74) is 6.60. The highest BCUT2D eigenvalue weighted by molar-refractivity contribution is 5.46. The first-order chi connectivity index (χ1) is 6.13. The summed E-state index contributed by atoms with van der Waals surface area (Å²) in [5.74, 6) is 1.15. The van der Waals surface area contributed by atoms with Crippen LogP contribution < -0.4 is 10.5 Å². The molecule has 3 heteroatoms. The van der Waals surface area contributed by atoms with E-state index in [9.17, 15) is 0 Å². The highest BCUT2D eigenvalue weighted by Crippen LogP contribution is 2.20. The molecule has 0 spiro atoms. The molecule has 1 rings (SSSR count). The van der Waals surface area contributed by atoms with E-state index in [4.69, 9.17) is 10.5 Å². The summed E-state index contributed by atoms with van der Waals surface area (Å²) in [7, 11) is 0. The second-order valence-electron chi connectivity index (χ2n) is 3.17. The Labute approximate surface area is 78.9 Å². The molecular weight excluding hydrogens is 164 g/mol. The predicted octanol–water partition coefficient (Wildman–Crippen LogP) is 2.15. The molecule has 0 saturated carbocycles. The molecule has 1 aromatic heterocycles. The van der Waals surface area contributed by atoms with Crippen LogP contribution >= 0.6 is 0 Å². The zero-order valence-corrected chi connectivity index (χ0v) is 8.37. The fourth-order valence-electron chi connectivity index (χ4n) is 0.964. The van der Waals surface area contributed by atoms with Crippen molar-refractivity contribution in [2.45, 2.75) is 33.3 Å². The van der Waals surface area contributed by atoms with E-state index in [1.807, 2.05) is 26.0 Å². The van der Waals surface area contributed by atoms with Crippen LogP contribution in [-0.4, -0.2) is 11.1 Å². The van der Waals surface area contributed by atoms with Crippen molar-refractivity contribution < 1.29 is 4.74 Å². The van der Waals surface area contributed by atoms with Crippen LogP contribution in [-0.2, 0) is 0 Å². The molecule has 0 aliphatic heterocycles. The summed E-state index contributed by atoms with van der Waals surface area (Å²) in [5, 5.41) is 0. The van der Waals surface area contributed by atoms with Gasteiger partial charge in [-0.2, -0.15) is 0 Å². The quantitative estimate of drug-likeness (QED) is 0.775. The molecule has 0 saturated heterocycles. The number of nitrogens with zero attached hydrogens (tertiary/aromatic N) is 1. The van der Waals surface area contributed by atoms with Crippen molar-refractivity contribution in [1.82, 2.24) is 4.98 Å². The molecule has 72 valence electrons. The van der Waals surface area contributed by atoms with E-state index < -0.39 is 0 Å². The Balaban J connectivity index is 2.77. The van der Waals surface area contributed by atoms with E-state index in [1.54, 1.807) is 0 Å². The molecule has 0 aliphatic carbocycles. The number of hydrogen-bond donors (Lipinski definition) is 1. The number of aromatic nitrogens is 1. The first-order valence-electron chi connectivity index (χ1n) is 4.53. The fraction of sp³-hybridized carbons (Fsp3) is 0.500. The molecule has 1 unspecified atom stereocenters. The maximum absolute atomic E-state index is 5.69. The van der Waals surface area contributed by atoms with E-state index in [-0.39, 0.29) is 6.10 Å². The molecule has 0 bridgehead atoms. The van der Waals surface area contributed by atoms with Crippen LogP contribution in [0.3, 0.4) is 0 Å². The van der Waals surface area contributed by atoms with Crippen LogP contribution in [0.5, 0.6) is 5.75 Å². The second-order valence-corrected chi connectivity index (χ2v) is 3.17. The summed E-state index contributed by atoms with van der Waals surface area (Å²) in [6.07, 6.45) is 1.15. The van der Waals surface area contributed by atoms with Gasteiger partial charge in [-0.3, -0.25) is 0 Å². The van der Waals surface area contributed by atoms with Gasteiger partial charge in [0.25, 0.3) is 0 Å². The Morgan fingerprint density at radius 2 is 2.23 bits per heavy atom. The lowest BCUT2D eigenvalue weighted by Gasteiger charge is -2.13. The monoisotopic (exact) mass is 180 g/mol. The van der Waals surface area contributed by atoms with Crippen molar-refractivity contribution in [1.29, 1.82) is 0 Å². The number of nitrogen functional groups attached to an aromatic ring is 1. The maximum atomic E-state index is 5.69. The van der Waals surface area contributed by atoms with E-state index in [1.165, 1.54) is 0 Å². The van der Waals surface area contributed by atoms with Gasteiger partial charge in [0, 0.05) is 5.69 Å². The van der Waals surface area contributed by atoms with Gasteiger partial charge in [0.15, 0.2) is 11.6 Å². The molecule has 1 atom stereocenters. The number of nitrogens with two attached hydrogens (primary N) is 1. The summed E-state index contributed by atoms with van der Waals surface area (Å²) < 4.78 is 5.56. The molecule has 0 aliphatic rings. The van der Waals surface area contributed by atoms with Crippen LogP contribution in [0.15, 0.2) is 12.1 Å². The Morgan fingerprint density at radius 1 is 1.54 bits per heavy atom. The third-order valence-electron chi connectivity index (χ3n) is 1.93. The lowest BCUT2D eigenvalue weighted by atomic mass is 10.3. The second kappa shape index (κ2) is 4.12. The van der Waals surface area contributed by atoms with Crippen molar-refractivity contribution in [3.63, 3.8) is 0 Å². The minimum atomic E-state index is 0.187. The van der Waals surface area contributed by atoms with Gasteiger partial charge >= 0.3 is 0 Å². The van der Waals surface area contributed by atoms with Crippen molar-refractivity contribution >= 4 is 5.82 Å². The zero-order chi connectivity index (χ0) is 9.84. The molecule has 2 N–H and O–H groups in total. The number of rotatable bonds is 3. The van der Waals surface area contributed by atoms with E-state index in [2.05, 4.69) is 11.9 Å². The van der Waals surface area contributed by atoms with Gasteiger partial charge in [0.2, 0.25) is 0 Å². The maximum Gasteiger partial charge on any atom is 0.166 e. The Morgan fingerprint density at radius 3 is 2.77 bits per heavy atom. The van der Waals surface area contributed by atoms with Gasteiger partial charge in [-0.05, 0) is 32.4 Å². The van der Waals surface area contributed by atoms with Crippen LogP contribution in [0.4, 0.5) is 5.82 Å². The van der Waals surface area contributed by atoms with Crippen molar-refractivity contribution in [3.05, 3.63) is 17.8 Å². The third-order valence-corrected chi connectivity index (χ3v) is 1.93. The van der Waals surface area contributed by atoms with Gasteiger partial charge in [-0.1, -0.05) is 6.92 Å². The molecule has 0 aromatic carbocycles. The largest absolute Gasteiger partial charge is 0.487 e. The number of pyridine rings is 1. The average molecular weight is 180 g/mol. The predicted molar refractivity (Wildman–Crippen MR) is 53.8 cm³/mol. The Kier molecular flexibility index (Phi) is 3.12. The average Bonchev–Trinajstić information content (AvgIpc) is 2.09. The molecule has 3 nitrogen and oxygen atoms in total. The fourth-order valence-corrected chi connectivity index (χ4v) is 0.964. The molecule has 0 amide bonds. The molecule has 0 fully saturated rings. The minimum Gasteiger partial charge on any atom is -0.487 e. The van der Waals surface area contributed by atoms with E-state index >= 15 is 0 Å². The standard InChI is InChI=1S/C10H16N2O/c1-4-8(3)13-9-6-5-7(2)12-10(9)11/h5-6,8H,4H2,1-3H3,(H2,11,12). The van der Waals surface area contributed by atoms with Crippen LogP contribution in [0, 0.1) is 6.92 Å². The van der Waals surface area contributed by atoms with Gasteiger partial charge < -0.3 is 10.5 Å². The summed E-state index contributed by atoms with van der Waals surface area (Å²) in [4.78, 5) is 4.11. The number of ether oxygens (including phenoxy) is 1. The molecule has 0 radical (unpaired) electrons. The summed E-state index contributed by atoms with van der Waals surface area (Å²) in [6.45, 7) is 5.99. The summed E-state index contributed by atoms with van der Waals surface area (Å²) >= 11 is 0. The first-order valence-corrected chi connectivity index (χ1v) is 4.53. The van der Waals surface area contributed by atoms with Crippen LogP contribution in [0.2, 0.25) is 0 Å². The Bertz CT molecular complexity index is 286. The molecule has 13 heavy (non-hydrogen) atoms. The third kappa shape index (κ3) is 2.61. The zero-order valence-electron chi connectivity index (χ0n) is 8.37. The SMILES string of the molecule is CCC(C)Oc1ccc(C)nc1N. The number of anilines is 1. The lowest BCUT2D eigenvalue weighted by molar-refractivity contribution is 0.218. The van der Waals surface area contributed by atoms with Gasteiger partial charge in [-0.15, -0.1) is 0 Å². The number of aryl methyl sites for hydroxylation is 1. The first kappa shape index (κ1) is 9.84. The lowest BCUT2D eigenvalue weighted by Crippen LogP contribution is -2.11. The van der Waals surface area contributed by atoms with E-state index in [0.29, 0.717) is 11.6 Å². The summed E-state index contributed by atoms with van der Waals surface area (Å²) in [6, 6.07) is 3.76. The van der Waals surface area contributed by atoms with E-state index in [0.717, 1.165) is 12.1 Å². The highest BCUT2D eigenvalue weighted by atomic mass is 16.5. The van der Waals surface area contributed by atoms with Crippen molar-refractivity contribution in [3.8, 4) is 5.75 Å². The normalized spacial score (nSPS) is 12.5. The molecular formula is C10H16N2O. The van der Waals surface area contributed by atoms with Gasteiger partial charge in [-0.25, -0.2) is 4.98 Å².